The largest absolute Gasteiger partial charge is 0.496 e. The lowest BCUT2D eigenvalue weighted by atomic mass is 10.1. The summed E-state index contributed by atoms with van der Waals surface area (Å²) in [7, 11) is 1.52. The second-order valence-corrected chi connectivity index (χ2v) is 6.02. The molecule has 0 unspecified atom stereocenters. The Bertz CT molecular complexity index is 1170. The minimum atomic E-state index is -0.243. The predicted octanol–water partition coefficient (Wildman–Crippen LogP) is 3.93. The molecule has 0 spiro atoms. The van der Waals surface area contributed by atoms with Crippen LogP contribution in [0.1, 0.15) is 33.3 Å². The Morgan fingerprint density at radius 1 is 1.00 bits per heavy atom. The first-order chi connectivity index (χ1) is 12.6. The number of nitrogens with zero attached hydrogens (tertiary/aromatic N) is 2. The van der Waals surface area contributed by atoms with Crippen molar-refractivity contribution in [3.8, 4) is 5.75 Å². The smallest absolute Gasteiger partial charge is 0.215 e. The first-order valence-corrected chi connectivity index (χ1v) is 8.20. The SMILES string of the molecule is COc1ccccc1C(=O)c1cc(C(C)=O)c2c3ccccc3cnn12. The number of ketones is 2. The topological polar surface area (TPSA) is 60.7 Å². The van der Waals surface area contributed by atoms with E-state index in [9.17, 15) is 9.59 Å². The fourth-order valence-corrected chi connectivity index (χ4v) is 3.23. The summed E-state index contributed by atoms with van der Waals surface area (Å²) < 4.78 is 6.86. The second-order valence-electron chi connectivity index (χ2n) is 6.02. The van der Waals surface area contributed by atoms with Crippen LogP contribution in [-0.2, 0) is 0 Å². The van der Waals surface area contributed by atoms with Crippen molar-refractivity contribution in [2.24, 2.45) is 0 Å². The summed E-state index contributed by atoms with van der Waals surface area (Å²) >= 11 is 0. The van der Waals surface area contributed by atoms with Gasteiger partial charge in [-0.15, -0.1) is 0 Å². The number of para-hydroxylation sites is 1. The summed E-state index contributed by atoms with van der Waals surface area (Å²) in [5, 5.41) is 6.21. The Labute approximate surface area is 149 Å². The average molecular weight is 344 g/mol. The summed E-state index contributed by atoms with van der Waals surface area (Å²) in [6, 6.07) is 16.3. The molecule has 0 bridgehead atoms. The molecule has 5 nitrogen and oxygen atoms in total. The first-order valence-electron chi connectivity index (χ1n) is 8.20. The summed E-state index contributed by atoms with van der Waals surface area (Å²) in [6.45, 7) is 1.49. The minimum absolute atomic E-state index is 0.111. The van der Waals surface area contributed by atoms with Crippen LogP contribution in [0.15, 0.2) is 60.8 Å². The van der Waals surface area contributed by atoms with Gasteiger partial charge in [0.15, 0.2) is 5.78 Å². The molecule has 0 aliphatic rings. The van der Waals surface area contributed by atoms with Crippen LogP contribution in [0.4, 0.5) is 0 Å². The van der Waals surface area contributed by atoms with Gasteiger partial charge in [0.1, 0.15) is 11.4 Å². The highest BCUT2D eigenvalue weighted by molar-refractivity contribution is 6.16. The van der Waals surface area contributed by atoms with Crippen molar-refractivity contribution in [1.82, 2.24) is 9.61 Å². The summed E-state index contributed by atoms with van der Waals surface area (Å²) in [5.41, 5.74) is 1.89. The van der Waals surface area contributed by atoms with Crippen molar-refractivity contribution in [3.05, 3.63) is 77.6 Å². The maximum Gasteiger partial charge on any atom is 0.215 e. The van der Waals surface area contributed by atoms with E-state index >= 15 is 0 Å². The van der Waals surface area contributed by atoms with Gasteiger partial charge in [0, 0.05) is 16.3 Å². The molecule has 2 heterocycles. The number of hydrogen-bond acceptors (Lipinski definition) is 4. The Morgan fingerprint density at radius 2 is 1.73 bits per heavy atom. The van der Waals surface area contributed by atoms with E-state index in [1.54, 1.807) is 41.0 Å². The van der Waals surface area contributed by atoms with Gasteiger partial charge in [0.2, 0.25) is 5.78 Å². The maximum absolute atomic E-state index is 13.2. The van der Waals surface area contributed by atoms with Crippen molar-refractivity contribution in [2.75, 3.05) is 7.11 Å². The molecule has 0 aliphatic carbocycles. The van der Waals surface area contributed by atoms with E-state index in [1.807, 2.05) is 24.3 Å². The maximum atomic E-state index is 13.2. The van der Waals surface area contributed by atoms with Crippen LogP contribution >= 0.6 is 0 Å². The number of carbonyl (C=O) groups excluding carboxylic acids is 2. The number of methoxy groups -OCH3 is 1. The zero-order valence-corrected chi connectivity index (χ0v) is 14.4. The van der Waals surface area contributed by atoms with Crippen LogP contribution in [0, 0.1) is 0 Å². The van der Waals surface area contributed by atoms with Crippen LogP contribution in [0.25, 0.3) is 16.3 Å². The minimum Gasteiger partial charge on any atom is -0.496 e. The van der Waals surface area contributed by atoms with E-state index in [1.165, 1.54) is 14.0 Å². The number of benzene rings is 2. The lowest BCUT2D eigenvalue weighted by Crippen LogP contribution is -2.08. The molecule has 2 aromatic carbocycles. The van der Waals surface area contributed by atoms with E-state index in [-0.39, 0.29) is 11.6 Å². The van der Waals surface area contributed by atoms with Gasteiger partial charge in [-0.05, 0) is 25.1 Å². The van der Waals surface area contributed by atoms with Gasteiger partial charge < -0.3 is 4.74 Å². The Kier molecular flexibility index (Phi) is 3.77. The number of aromatic nitrogens is 2. The van der Waals surface area contributed by atoms with Gasteiger partial charge in [0.05, 0.1) is 24.4 Å². The highest BCUT2D eigenvalue weighted by Gasteiger charge is 2.23. The zero-order chi connectivity index (χ0) is 18.3. The molecule has 0 fully saturated rings. The number of hydrogen-bond donors (Lipinski definition) is 0. The molecule has 4 aromatic rings. The Balaban J connectivity index is 2.04. The van der Waals surface area contributed by atoms with Gasteiger partial charge in [-0.2, -0.15) is 5.10 Å². The van der Waals surface area contributed by atoms with Crippen LogP contribution in [-0.4, -0.2) is 28.3 Å². The standard InChI is InChI=1S/C21H16N2O3/c1-13(24)17-11-18(21(25)16-9-5-6-10-19(16)26-2)23-20(17)15-8-4-3-7-14(15)12-22-23/h3-12H,1-2H3. The number of fused-ring (bicyclic) bond motifs is 3. The van der Waals surface area contributed by atoms with Crippen molar-refractivity contribution in [1.29, 1.82) is 0 Å². The van der Waals surface area contributed by atoms with Crippen LogP contribution in [0.3, 0.4) is 0 Å². The molecule has 0 aliphatic heterocycles. The lowest BCUT2D eigenvalue weighted by Gasteiger charge is -2.07. The molecule has 128 valence electrons. The normalized spacial score (nSPS) is 11.0. The molecule has 5 heteroatoms. The van der Waals surface area contributed by atoms with Gasteiger partial charge in [-0.3, -0.25) is 9.59 Å². The highest BCUT2D eigenvalue weighted by atomic mass is 16.5. The summed E-state index contributed by atoms with van der Waals surface area (Å²) in [4.78, 5) is 25.4. The second kappa shape index (κ2) is 6.11. The van der Waals surface area contributed by atoms with Crippen molar-refractivity contribution >= 4 is 27.9 Å². The molecule has 0 amide bonds. The lowest BCUT2D eigenvalue weighted by molar-refractivity contribution is 0.101. The molecule has 0 atom stereocenters. The molecule has 0 radical (unpaired) electrons. The summed E-state index contributed by atoms with van der Waals surface area (Å²) in [5.74, 6) is 0.130. The van der Waals surface area contributed by atoms with Gasteiger partial charge >= 0.3 is 0 Å². The van der Waals surface area contributed by atoms with Crippen LogP contribution in [0.5, 0.6) is 5.75 Å². The molecule has 4 rings (SSSR count). The molecular weight excluding hydrogens is 328 g/mol. The van der Waals surface area contributed by atoms with Crippen LogP contribution < -0.4 is 4.74 Å². The monoisotopic (exact) mass is 344 g/mol. The van der Waals surface area contributed by atoms with E-state index < -0.39 is 0 Å². The quantitative estimate of drug-likeness (QED) is 0.526. The van der Waals surface area contributed by atoms with Crippen molar-refractivity contribution < 1.29 is 14.3 Å². The third-order valence-corrected chi connectivity index (χ3v) is 4.47. The molecular formula is C21H16N2O3. The average Bonchev–Trinajstić information content (AvgIpc) is 3.08. The third kappa shape index (κ3) is 2.37. The highest BCUT2D eigenvalue weighted by Crippen LogP contribution is 2.28. The fourth-order valence-electron chi connectivity index (χ4n) is 3.23. The predicted molar refractivity (Wildman–Crippen MR) is 99.1 cm³/mol. The molecule has 2 aromatic heterocycles. The fraction of sp³-hybridized carbons (Fsp3) is 0.0952. The van der Waals surface area contributed by atoms with Crippen LogP contribution in [0.2, 0.25) is 0 Å². The van der Waals surface area contributed by atoms with E-state index in [0.717, 1.165) is 10.8 Å². The number of Topliss-reactive ketones (excluding diaryl/α,β-unsaturated/α-hetero) is 1. The molecule has 0 saturated heterocycles. The third-order valence-electron chi connectivity index (χ3n) is 4.47. The van der Waals surface area contributed by atoms with Gasteiger partial charge in [0.25, 0.3) is 0 Å². The number of carbonyl (C=O) groups is 2. The molecule has 0 N–H and O–H groups in total. The molecule has 0 saturated carbocycles. The number of ether oxygens (including phenoxy) is 1. The first kappa shape index (κ1) is 16.0. The summed E-state index contributed by atoms with van der Waals surface area (Å²) in [6.07, 6.45) is 1.70. The van der Waals surface area contributed by atoms with E-state index in [0.29, 0.717) is 28.1 Å². The Morgan fingerprint density at radius 3 is 2.50 bits per heavy atom. The zero-order valence-electron chi connectivity index (χ0n) is 14.4. The van der Waals surface area contributed by atoms with Crippen molar-refractivity contribution in [2.45, 2.75) is 6.92 Å². The van der Waals surface area contributed by atoms with E-state index in [4.69, 9.17) is 4.74 Å². The van der Waals surface area contributed by atoms with Gasteiger partial charge in [-0.1, -0.05) is 36.4 Å². The Hall–Kier alpha value is -3.47. The van der Waals surface area contributed by atoms with Gasteiger partial charge in [-0.25, -0.2) is 4.52 Å². The van der Waals surface area contributed by atoms with Crippen molar-refractivity contribution in [3.63, 3.8) is 0 Å². The number of rotatable bonds is 4. The molecule has 26 heavy (non-hydrogen) atoms. The van der Waals surface area contributed by atoms with E-state index in [2.05, 4.69) is 5.10 Å².